The standard InChI is InChI=1S/C10H17N3O/c1-7-4-11-5-8-6-12-9(13(7)8)10(2,3)14/h6-7,11,14H,4-5H2,1-3H3/t7-/m0/s1. The molecule has 2 heterocycles. The van der Waals surface area contributed by atoms with E-state index in [0.29, 0.717) is 6.04 Å². The lowest BCUT2D eigenvalue weighted by molar-refractivity contribution is 0.0622. The first-order chi connectivity index (χ1) is 6.50. The average Bonchev–Trinajstić information content (AvgIpc) is 2.47. The van der Waals surface area contributed by atoms with Gasteiger partial charge in [0.15, 0.2) is 0 Å². The van der Waals surface area contributed by atoms with Gasteiger partial charge in [0.2, 0.25) is 0 Å². The third kappa shape index (κ3) is 1.44. The smallest absolute Gasteiger partial charge is 0.140 e. The molecule has 2 rings (SSSR count). The Labute approximate surface area is 84.0 Å². The molecule has 0 amide bonds. The van der Waals surface area contributed by atoms with Crippen LogP contribution >= 0.6 is 0 Å². The van der Waals surface area contributed by atoms with Crippen LogP contribution in [0.25, 0.3) is 0 Å². The summed E-state index contributed by atoms with van der Waals surface area (Å²) in [5.41, 5.74) is 0.296. The Hall–Kier alpha value is -0.870. The number of hydrogen-bond donors (Lipinski definition) is 2. The highest BCUT2D eigenvalue weighted by Crippen LogP contribution is 2.25. The summed E-state index contributed by atoms with van der Waals surface area (Å²) in [6, 6.07) is 0.364. The summed E-state index contributed by atoms with van der Waals surface area (Å²) < 4.78 is 2.14. The maximum Gasteiger partial charge on any atom is 0.140 e. The van der Waals surface area contributed by atoms with E-state index in [2.05, 4.69) is 21.8 Å². The molecule has 0 aliphatic carbocycles. The van der Waals surface area contributed by atoms with Crippen LogP contribution in [-0.4, -0.2) is 21.2 Å². The zero-order chi connectivity index (χ0) is 10.3. The normalized spacial score (nSPS) is 22.1. The van der Waals surface area contributed by atoms with E-state index in [9.17, 15) is 5.11 Å². The van der Waals surface area contributed by atoms with Crippen molar-refractivity contribution in [2.75, 3.05) is 6.54 Å². The number of fused-ring (bicyclic) bond motifs is 1. The van der Waals surface area contributed by atoms with Crippen molar-refractivity contribution in [2.45, 2.75) is 39.0 Å². The molecule has 2 N–H and O–H groups in total. The van der Waals surface area contributed by atoms with Gasteiger partial charge in [0.25, 0.3) is 0 Å². The molecule has 0 radical (unpaired) electrons. The van der Waals surface area contributed by atoms with Gasteiger partial charge in [-0.2, -0.15) is 0 Å². The highest BCUT2D eigenvalue weighted by molar-refractivity contribution is 5.13. The molecule has 0 aromatic carbocycles. The monoisotopic (exact) mass is 195 g/mol. The average molecular weight is 195 g/mol. The fraction of sp³-hybridized carbons (Fsp3) is 0.700. The molecule has 0 saturated carbocycles. The lowest BCUT2D eigenvalue weighted by Gasteiger charge is -2.28. The van der Waals surface area contributed by atoms with Gasteiger partial charge in [0.1, 0.15) is 11.4 Å². The fourth-order valence-corrected chi connectivity index (χ4v) is 1.97. The summed E-state index contributed by atoms with van der Waals surface area (Å²) in [4.78, 5) is 4.29. The van der Waals surface area contributed by atoms with Crippen LogP contribution in [0.4, 0.5) is 0 Å². The van der Waals surface area contributed by atoms with Crippen molar-refractivity contribution in [2.24, 2.45) is 0 Å². The van der Waals surface area contributed by atoms with Crippen LogP contribution in [0, 0.1) is 0 Å². The first-order valence-corrected chi connectivity index (χ1v) is 5.00. The minimum absolute atomic E-state index is 0.364. The summed E-state index contributed by atoms with van der Waals surface area (Å²) in [7, 11) is 0. The number of nitrogens with zero attached hydrogens (tertiary/aromatic N) is 2. The third-order valence-corrected chi connectivity index (χ3v) is 2.61. The van der Waals surface area contributed by atoms with Gasteiger partial charge in [-0.15, -0.1) is 0 Å². The fourth-order valence-electron chi connectivity index (χ4n) is 1.97. The number of rotatable bonds is 1. The maximum atomic E-state index is 9.95. The molecule has 0 unspecified atom stereocenters. The van der Waals surface area contributed by atoms with E-state index in [1.54, 1.807) is 13.8 Å². The molecule has 4 nitrogen and oxygen atoms in total. The Morgan fingerprint density at radius 1 is 1.64 bits per heavy atom. The van der Waals surface area contributed by atoms with Crippen molar-refractivity contribution in [3.05, 3.63) is 17.7 Å². The molecule has 0 spiro atoms. The van der Waals surface area contributed by atoms with Gasteiger partial charge in [0.05, 0.1) is 5.69 Å². The molecule has 1 aliphatic heterocycles. The number of aliphatic hydroxyl groups is 1. The van der Waals surface area contributed by atoms with Crippen molar-refractivity contribution in [1.82, 2.24) is 14.9 Å². The van der Waals surface area contributed by atoms with Crippen molar-refractivity contribution < 1.29 is 5.11 Å². The molecule has 0 bridgehead atoms. The number of imidazole rings is 1. The summed E-state index contributed by atoms with van der Waals surface area (Å²) in [5.74, 6) is 0.765. The van der Waals surface area contributed by atoms with Crippen molar-refractivity contribution in [3.8, 4) is 0 Å². The number of nitrogens with one attached hydrogen (secondary N) is 1. The second-order valence-corrected chi connectivity index (χ2v) is 4.48. The Kier molecular flexibility index (Phi) is 2.12. The van der Waals surface area contributed by atoms with Crippen LogP contribution in [0.1, 0.15) is 38.3 Å². The molecule has 0 saturated heterocycles. The molecule has 14 heavy (non-hydrogen) atoms. The van der Waals surface area contributed by atoms with Gasteiger partial charge >= 0.3 is 0 Å². The molecule has 1 aromatic heterocycles. The Balaban J connectivity index is 2.49. The Bertz CT molecular complexity index is 338. The molecule has 4 heteroatoms. The van der Waals surface area contributed by atoms with E-state index in [1.807, 2.05) is 6.20 Å². The zero-order valence-corrected chi connectivity index (χ0v) is 8.91. The largest absolute Gasteiger partial charge is 0.383 e. The topological polar surface area (TPSA) is 50.1 Å². The molecular weight excluding hydrogens is 178 g/mol. The minimum Gasteiger partial charge on any atom is -0.383 e. The Morgan fingerprint density at radius 3 is 3.00 bits per heavy atom. The highest BCUT2D eigenvalue weighted by Gasteiger charge is 2.28. The molecule has 78 valence electrons. The highest BCUT2D eigenvalue weighted by atomic mass is 16.3. The van der Waals surface area contributed by atoms with Gasteiger partial charge in [-0.05, 0) is 20.8 Å². The van der Waals surface area contributed by atoms with Crippen LogP contribution < -0.4 is 5.32 Å². The quantitative estimate of drug-likeness (QED) is 0.696. The molecule has 0 fully saturated rings. The summed E-state index contributed by atoms with van der Waals surface area (Å²) in [6.07, 6.45) is 1.84. The first kappa shape index (κ1) is 9.68. The van der Waals surface area contributed by atoms with E-state index in [-0.39, 0.29) is 0 Å². The van der Waals surface area contributed by atoms with Crippen molar-refractivity contribution in [1.29, 1.82) is 0 Å². The van der Waals surface area contributed by atoms with E-state index in [4.69, 9.17) is 0 Å². The number of hydrogen-bond acceptors (Lipinski definition) is 3. The molecule has 1 aromatic rings. The summed E-state index contributed by atoms with van der Waals surface area (Å²) in [5, 5.41) is 13.3. The van der Waals surface area contributed by atoms with E-state index >= 15 is 0 Å². The van der Waals surface area contributed by atoms with E-state index < -0.39 is 5.60 Å². The molecule has 1 atom stereocenters. The van der Waals surface area contributed by atoms with Gasteiger partial charge in [0, 0.05) is 25.3 Å². The SMILES string of the molecule is C[C@H]1CNCc2cnc(C(C)(C)O)n21. The van der Waals surface area contributed by atoms with Crippen LogP contribution in [0.5, 0.6) is 0 Å². The third-order valence-electron chi connectivity index (χ3n) is 2.61. The second kappa shape index (κ2) is 3.07. The number of aromatic nitrogens is 2. The van der Waals surface area contributed by atoms with Crippen LogP contribution in [0.15, 0.2) is 6.20 Å². The second-order valence-electron chi connectivity index (χ2n) is 4.48. The predicted molar refractivity (Wildman–Crippen MR) is 53.9 cm³/mol. The lowest BCUT2D eigenvalue weighted by Crippen LogP contribution is -2.34. The molecule has 1 aliphatic rings. The van der Waals surface area contributed by atoms with Gasteiger partial charge < -0.3 is 15.0 Å². The van der Waals surface area contributed by atoms with Crippen LogP contribution in [0.2, 0.25) is 0 Å². The summed E-state index contributed by atoms with van der Waals surface area (Å²) >= 11 is 0. The van der Waals surface area contributed by atoms with Gasteiger partial charge in [-0.25, -0.2) is 4.98 Å². The molecular formula is C10H17N3O. The van der Waals surface area contributed by atoms with E-state index in [0.717, 1.165) is 24.6 Å². The Morgan fingerprint density at radius 2 is 2.36 bits per heavy atom. The van der Waals surface area contributed by atoms with Gasteiger partial charge in [-0.3, -0.25) is 0 Å². The summed E-state index contributed by atoms with van der Waals surface area (Å²) in [6.45, 7) is 7.46. The minimum atomic E-state index is -0.857. The van der Waals surface area contributed by atoms with E-state index in [1.165, 1.54) is 0 Å². The lowest BCUT2D eigenvalue weighted by atomic mass is 10.1. The zero-order valence-electron chi connectivity index (χ0n) is 8.91. The predicted octanol–water partition coefficient (Wildman–Crippen LogP) is 0.775. The van der Waals surface area contributed by atoms with Crippen LogP contribution in [0.3, 0.4) is 0 Å². The van der Waals surface area contributed by atoms with Gasteiger partial charge in [-0.1, -0.05) is 0 Å². The van der Waals surface area contributed by atoms with Crippen molar-refractivity contribution in [3.63, 3.8) is 0 Å². The maximum absolute atomic E-state index is 9.95. The first-order valence-electron chi connectivity index (χ1n) is 5.00. The van der Waals surface area contributed by atoms with Crippen LogP contribution in [-0.2, 0) is 12.1 Å². The van der Waals surface area contributed by atoms with Crippen molar-refractivity contribution >= 4 is 0 Å².